The number of hydrogen-bond donors (Lipinski definition) is 0. The van der Waals surface area contributed by atoms with E-state index >= 15 is 0 Å². The van der Waals surface area contributed by atoms with Crippen LogP contribution in [0.15, 0.2) is 48.5 Å². The van der Waals surface area contributed by atoms with Crippen LogP contribution in [0.3, 0.4) is 0 Å². The van der Waals surface area contributed by atoms with Crippen LogP contribution in [0.25, 0.3) is 10.2 Å². The van der Waals surface area contributed by atoms with E-state index < -0.39 is 5.97 Å². The Bertz CT molecular complexity index is 955. The topological polar surface area (TPSA) is 78.0 Å². The van der Waals surface area contributed by atoms with Crippen molar-refractivity contribution in [3.8, 4) is 11.5 Å². The number of aromatic nitrogens is 1. The average Bonchev–Trinajstić information content (AvgIpc) is 3.13. The van der Waals surface area contributed by atoms with Crippen molar-refractivity contribution in [1.82, 2.24) is 9.88 Å². The Balaban J connectivity index is 1.45. The standard InChI is InChI=1S/C21H22N2O5S/c1-3-26-16-9-5-6-10-17(16)27-14-21(25)28-13-20(24)23(2)12-19-22-15-8-4-7-11-18(15)29-19/h4-11H,3,12-14H2,1-2H3. The first-order valence-corrected chi connectivity index (χ1v) is 9.97. The molecule has 0 unspecified atom stereocenters. The van der Waals surface area contributed by atoms with E-state index in [1.165, 1.54) is 16.2 Å². The molecule has 0 bridgehead atoms. The Morgan fingerprint density at radius 1 is 1.00 bits per heavy atom. The summed E-state index contributed by atoms with van der Waals surface area (Å²) in [5, 5.41) is 0.823. The van der Waals surface area contributed by atoms with Crippen molar-refractivity contribution in [2.75, 3.05) is 26.9 Å². The minimum atomic E-state index is -0.627. The molecule has 1 heterocycles. The number of carbonyl (C=O) groups is 2. The molecule has 0 aliphatic rings. The Hall–Kier alpha value is -3.13. The monoisotopic (exact) mass is 414 g/mol. The molecule has 0 aliphatic carbocycles. The van der Waals surface area contributed by atoms with Crippen molar-refractivity contribution < 1.29 is 23.8 Å². The molecule has 29 heavy (non-hydrogen) atoms. The van der Waals surface area contributed by atoms with Crippen molar-refractivity contribution in [2.24, 2.45) is 0 Å². The maximum Gasteiger partial charge on any atom is 0.344 e. The molecule has 0 aliphatic heterocycles. The Labute approximate surface area is 172 Å². The number of amides is 1. The number of hydrogen-bond acceptors (Lipinski definition) is 7. The summed E-state index contributed by atoms with van der Waals surface area (Å²) in [7, 11) is 1.65. The molecule has 8 heteroatoms. The predicted molar refractivity (Wildman–Crippen MR) is 110 cm³/mol. The normalized spacial score (nSPS) is 10.6. The third-order valence-corrected chi connectivity index (χ3v) is 5.01. The van der Waals surface area contributed by atoms with Gasteiger partial charge >= 0.3 is 5.97 Å². The van der Waals surface area contributed by atoms with Gasteiger partial charge < -0.3 is 19.1 Å². The van der Waals surface area contributed by atoms with Crippen molar-refractivity contribution >= 4 is 33.4 Å². The molecule has 1 amide bonds. The number of ether oxygens (including phenoxy) is 3. The SMILES string of the molecule is CCOc1ccccc1OCC(=O)OCC(=O)N(C)Cc1nc2ccccc2s1. The lowest BCUT2D eigenvalue weighted by molar-refractivity contribution is -0.153. The highest BCUT2D eigenvalue weighted by molar-refractivity contribution is 7.18. The highest BCUT2D eigenvalue weighted by Crippen LogP contribution is 2.26. The van der Waals surface area contributed by atoms with Gasteiger partial charge in [-0.15, -0.1) is 11.3 Å². The van der Waals surface area contributed by atoms with Crippen LogP contribution in [-0.2, 0) is 20.9 Å². The number of nitrogens with zero attached hydrogens (tertiary/aromatic N) is 2. The summed E-state index contributed by atoms with van der Waals surface area (Å²) in [5.41, 5.74) is 0.907. The smallest absolute Gasteiger partial charge is 0.344 e. The zero-order valence-electron chi connectivity index (χ0n) is 16.3. The first-order valence-electron chi connectivity index (χ1n) is 9.15. The number of rotatable bonds is 9. The zero-order valence-corrected chi connectivity index (χ0v) is 17.1. The lowest BCUT2D eigenvalue weighted by atomic mass is 10.3. The van der Waals surface area contributed by atoms with Crippen molar-refractivity contribution in [2.45, 2.75) is 13.5 Å². The van der Waals surface area contributed by atoms with Crippen LogP contribution in [0.1, 0.15) is 11.9 Å². The number of benzene rings is 2. The number of carbonyl (C=O) groups excluding carboxylic acids is 2. The van der Waals surface area contributed by atoms with E-state index in [1.807, 2.05) is 37.3 Å². The number of likely N-dealkylation sites (N-methyl/N-ethyl adjacent to an activating group) is 1. The van der Waals surface area contributed by atoms with Gasteiger partial charge in [0.05, 0.1) is 23.4 Å². The summed E-state index contributed by atoms with van der Waals surface area (Å²) in [6, 6.07) is 14.9. The van der Waals surface area contributed by atoms with Crippen LogP contribution in [0.4, 0.5) is 0 Å². The van der Waals surface area contributed by atoms with Gasteiger partial charge in [0.1, 0.15) is 5.01 Å². The van der Waals surface area contributed by atoms with Gasteiger partial charge in [0, 0.05) is 7.05 Å². The number of esters is 1. The van der Waals surface area contributed by atoms with Gasteiger partial charge in [0.2, 0.25) is 0 Å². The van der Waals surface area contributed by atoms with Crippen molar-refractivity contribution in [3.05, 3.63) is 53.5 Å². The zero-order chi connectivity index (χ0) is 20.6. The summed E-state index contributed by atoms with van der Waals surface area (Å²) < 4.78 is 17.0. The molecule has 3 aromatic rings. The largest absolute Gasteiger partial charge is 0.490 e. The third-order valence-electron chi connectivity index (χ3n) is 3.99. The molecule has 0 radical (unpaired) electrons. The highest BCUT2D eigenvalue weighted by atomic mass is 32.1. The summed E-state index contributed by atoms with van der Waals surface area (Å²) >= 11 is 1.53. The molecule has 3 rings (SSSR count). The predicted octanol–water partition coefficient (Wildman–Crippen LogP) is 3.28. The molecule has 152 valence electrons. The fourth-order valence-electron chi connectivity index (χ4n) is 2.55. The summed E-state index contributed by atoms with van der Waals surface area (Å²) in [6.07, 6.45) is 0. The van der Waals surface area contributed by atoms with E-state index in [-0.39, 0.29) is 19.1 Å². The Morgan fingerprint density at radius 3 is 2.41 bits per heavy atom. The summed E-state index contributed by atoms with van der Waals surface area (Å²) in [4.78, 5) is 30.1. The minimum Gasteiger partial charge on any atom is -0.490 e. The van der Waals surface area contributed by atoms with Crippen LogP contribution in [0.5, 0.6) is 11.5 Å². The second kappa shape index (κ2) is 9.88. The first kappa shape index (κ1) is 20.6. The lowest BCUT2D eigenvalue weighted by Crippen LogP contribution is -2.31. The van der Waals surface area contributed by atoms with E-state index in [4.69, 9.17) is 14.2 Å². The molecular weight excluding hydrogens is 392 g/mol. The molecule has 0 saturated carbocycles. The van der Waals surface area contributed by atoms with E-state index in [9.17, 15) is 9.59 Å². The molecule has 0 fully saturated rings. The second-order valence-corrected chi connectivity index (χ2v) is 7.27. The highest BCUT2D eigenvalue weighted by Gasteiger charge is 2.15. The third kappa shape index (κ3) is 5.68. The van der Waals surface area contributed by atoms with Gasteiger partial charge in [-0.2, -0.15) is 0 Å². The van der Waals surface area contributed by atoms with Gasteiger partial charge in [-0.3, -0.25) is 4.79 Å². The van der Waals surface area contributed by atoms with Crippen molar-refractivity contribution in [1.29, 1.82) is 0 Å². The summed E-state index contributed by atoms with van der Waals surface area (Å²) in [6.45, 7) is 2.05. The molecule has 0 N–H and O–H groups in total. The molecule has 2 aromatic carbocycles. The van der Waals surface area contributed by atoms with Gasteiger partial charge in [0.15, 0.2) is 24.7 Å². The number of fused-ring (bicyclic) bond motifs is 1. The maximum atomic E-state index is 12.2. The van der Waals surface area contributed by atoms with E-state index in [1.54, 1.807) is 25.2 Å². The summed E-state index contributed by atoms with van der Waals surface area (Å²) in [5.74, 6) is 0.0605. The second-order valence-electron chi connectivity index (χ2n) is 6.15. The number of para-hydroxylation sites is 3. The van der Waals surface area contributed by atoms with Gasteiger partial charge in [-0.25, -0.2) is 9.78 Å². The molecule has 7 nitrogen and oxygen atoms in total. The van der Waals surface area contributed by atoms with Crippen LogP contribution >= 0.6 is 11.3 Å². The quantitative estimate of drug-likeness (QED) is 0.500. The molecule has 0 spiro atoms. The molecule has 0 saturated heterocycles. The minimum absolute atomic E-state index is 0.307. The van der Waals surface area contributed by atoms with Crippen LogP contribution in [0.2, 0.25) is 0 Å². The number of thiazole rings is 1. The Morgan fingerprint density at radius 2 is 1.69 bits per heavy atom. The lowest BCUT2D eigenvalue weighted by Gasteiger charge is -2.16. The fourth-order valence-corrected chi connectivity index (χ4v) is 3.57. The van der Waals surface area contributed by atoms with Crippen LogP contribution in [-0.4, -0.2) is 48.6 Å². The maximum absolute atomic E-state index is 12.2. The van der Waals surface area contributed by atoms with Crippen LogP contribution < -0.4 is 9.47 Å². The first-order chi connectivity index (χ1) is 14.1. The van der Waals surface area contributed by atoms with E-state index in [0.29, 0.717) is 24.7 Å². The van der Waals surface area contributed by atoms with E-state index in [2.05, 4.69) is 4.98 Å². The molecular formula is C21H22N2O5S. The van der Waals surface area contributed by atoms with Gasteiger partial charge in [-0.1, -0.05) is 24.3 Å². The Kier molecular flexibility index (Phi) is 7.02. The van der Waals surface area contributed by atoms with Crippen molar-refractivity contribution in [3.63, 3.8) is 0 Å². The fraction of sp³-hybridized carbons (Fsp3) is 0.286. The van der Waals surface area contributed by atoms with Gasteiger partial charge in [0.25, 0.3) is 5.91 Å². The average molecular weight is 414 g/mol. The molecule has 1 aromatic heterocycles. The van der Waals surface area contributed by atoms with Gasteiger partial charge in [-0.05, 0) is 31.2 Å². The van der Waals surface area contributed by atoms with E-state index in [0.717, 1.165) is 15.2 Å². The van der Waals surface area contributed by atoms with Crippen LogP contribution in [0, 0.1) is 0 Å². The molecule has 0 atom stereocenters.